The predicted octanol–water partition coefficient (Wildman–Crippen LogP) is 1.78. The van der Waals surface area contributed by atoms with Crippen molar-refractivity contribution in [2.45, 2.75) is 6.42 Å². The molecular formula is C18H17N3O3. The van der Waals surface area contributed by atoms with E-state index >= 15 is 0 Å². The average molecular weight is 323 g/mol. The van der Waals surface area contributed by atoms with Crippen LogP contribution in [0, 0.1) is 5.92 Å². The van der Waals surface area contributed by atoms with Gasteiger partial charge in [-0.25, -0.2) is 0 Å². The Hall–Kier alpha value is -3.15. The van der Waals surface area contributed by atoms with Crippen LogP contribution in [-0.4, -0.2) is 24.3 Å². The molecule has 6 heteroatoms. The molecule has 0 spiro atoms. The summed E-state index contributed by atoms with van der Waals surface area (Å²) in [6.07, 6.45) is 0.138. The molecule has 122 valence electrons. The van der Waals surface area contributed by atoms with E-state index in [4.69, 9.17) is 5.73 Å². The van der Waals surface area contributed by atoms with Crippen molar-refractivity contribution in [3.05, 3.63) is 60.2 Å². The molecule has 24 heavy (non-hydrogen) atoms. The quantitative estimate of drug-likeness (QED) is 0.898. The number of nitrogens with two attached hydrogens (primary N) is 1. The van der Waals surface area contributed by atoms with E-state index in [-0.39, 0.29) is 23.8 Å². The van der Waals surface area contributed by atoms with Gasteiger partial charge < -0.3 is 16.0 Å². The van der Waals surface area contributed by atoms with Crippen molar-refractivity contribution < 1.29 is 14.4 Å². The molecule has 0 radical (unpaired) electrons. The third-order valence-corrected chi connectivity index (χ3v) is 4.01. The Morgan fingerprint density at radius 3 is 2.42 bits per heavy atom. The van der Waals surface area contributed by atoms with Crippen LogP contribution < -0.4 is 16.0 Å². The molecule has 2 aromatic rings. The number of hydrogen-bond acceptors (Lipinski definition) is 3. The first-order valence-electron chi connectivity index (χ1n) is 7.61. The van der Waals surface area contributed by atoms with Crippen LogP contribution in [0.15, 0.2) is 54.6 Å². The standard InChI is InChI=1S/C18H17N3O3/c19-17(23)14-8-4-5-9-15(14)20-18(24)12-10-16(22)21(11-12)13-6-2-1-3-7-13/h1-9,12H,10-11H2,(H2,19,23)(H,20,24)/t12-/m0/s1. The van der Waals surface area contributed by atoms with Crippen LogP contribution in [0.2, 0.25) is 0 Å². The zero-order chi connectivity index (χ0) is 17.1. The average Bonchev–Trinajstić information content (AvgIpc) is 2.98. The summed E-state index contributed by atoms with van der Waals surface area (Å²) in [4.78, 5) is 37.7. The summed E-state index contributed by atoms with van der Waals surface area (Å²) in [6, 6.07) is 15.8. The fraction of sp³-hybridized carbons (Fsp3) is 0.167. The molecule has 0 bridgehead atoms. The number of primary amides is 1. The number of rotatable bonds is 4. The van der Waals surface area contributed by atoms with E-state index in [1.54, 1.807) is 29.2 Å². The number of hydrogen-bond donors (Lipinski definition) is 2. The minimum Gasteiger partial charge on any atom is -0.366 e. The van der Waals surface area contributed by atoms with Crippen LogP contribution in [-0.2, 0) is 9.59 Å². The van der Waals surface area contributed by atoms with E-state index in [0.29, 0.717) is 12.2 Å². The number of para-hydroxylation sites is 2. The van der Waals surface area contributed by atoms with Crippen LogP contribution >= 0.6 is 0 Å². The van der Waals surface area contributed by atoms with E-state index in [2.05, 4.69) is 5.32 Å². The molecular weight excluding hydrogens is 306 g/mol. The summed E-state index contributed by atoms with van der Waals surface area (Å²) in [5, 5.41) is 2.71. The molecule has 1 aliphatic heterocycles. The number of nitrogens with zero attached hydrogens (tertiary/aromatic N) is 1. The van der Waals surface area contributed by atoms with Crippen molar-refractivity contribution in [3.8, 4) is 0 Å². The van der Waals surface area contributed by atoms with Crippen molar-refractivity contribution in [2.75, 3.05) is 16.8 Å². The molecule has 1 heterocycles. The van der Waals surface area contributed by atoms with Crippen LogP contribution in [0.25, 0.3) is 0 Å². The van der Waals surface area contributed by atoms with Gasteiger partial charge in [-0.2, -0.15) is 0 Å². The van der Waals surface area contributed by atoms with Crippen molar-refractivity contribution in [3.63, 3.8) is 0 Å². The summed E-state index contributed by atoms with van der Waals surface area (Å²) in [6.45, 7) is 0.313. The molecule has 3 rings (SSSR count). The molecule has 2 aromatic carbocycles. The zero-order valence-corrected chi connectivity index (χ0v) is 12.9. The Bertz CT molecular complexity index is 789. The largest absolute Gasteiger partial charge is 0.366 e. The van der Waals surface area contributed by atoms with Gasteiger partial charge in [-0.3, -0.25) is 14.4 Å². The topological polar surface area (TPSA) is 92.5 Å². The lowest BCUT2D eigenvalue weighted by Gasteiger charge is -2.16. The molecule has 0 saturated carbocycles. The van der Waals surface area contributed by atoms with Gasteiger partial charge in [0.15, 0.2) is 0 Å². The lowest BCUT2D eigenvalue weighted by Crippen LogP contribution is -2.28. The number of benzene rings is 2. The molecule has 3 amide bonds. The lowest BCUT2D eigenvalue weighted by atomic mass is 10.1. The second-order valence-corrected chi connectivity index (χ2v) is 5.64. The Morgan fingerprint density at radius 2 is 1.71 bits per heavy atom. The lowest BCUT2D eigenvalue weighted by molar-refractivity contribution is -0.122. The van der Waals surface area contributed by atoms with Crippen LogP contribution in [0.3, 0.4) is 0 Å². The predicted molar refractivity (Wildman–Crippen MR) is 90.5 cm³/mol. The van der Waals surface area contributed by atoms with Gasteiger partial charge in [0.25, 0.3) is 5.91 Å². The summed E-state index contributed by atoms with van der Waals surface area (Å²) in [5.74, 6) is -1.47. The van der Waals surface area contributed by atoms with Gasteiger partial charge in [0.2, 0.25) is 11.8 Å². The number of nitrogens with one attached hydrogen (secondary N) is 1. The maximum absolute atomic E-state index is 12.5. The molecule has 1 saturated heterocycles. The van der Waals surface area contributed by atoms with Gasteiger partial charge in [0.1, 0.15) is 0 Å². The van der Waals surface area contributed by atoms with Crippen molar-refractivity contribution in [1.82, 2.24) is 0 Å². The molecule has 3 N–H and O–H groups in total. The Balaban J connectivity index is 1.73. The minimum absolute atomic E-state index is 0.0930. The summed E-state index contributed by atoms with van der Waals surface area (Å²) in [5.41, 5.74) is 6.69. The molecule has 0 aromatic heterocycles. The monoisotopic (exact) mass is 323 g/mol. The number of carbonyl (C=O) groups excluding carboxylic acids is 3. The van der Waals surface area contributed by atoms with Crippen molar-refractivity contribution >= 4 is 29.1 Å². The third kappa shape index (κ3) is 3.12. The maximum atomic E-state index is 12.5. The first kappa shape index (κ1) is 15.7. The van der Waals surface area contributed by atoms with Crippen LogP contribution in [0.4, 0.5) is 11.4 Å². The molecule has 0 unspecified atom stereocenters. The summed E-state index contributed by atoms with van der Waals surface area (Å²) in [7, 11) is 0. The Kier molecular flexibility index (Phi) is 4.29. The molecule has 1 atom stereocenters. The van der Waals surface area contributed by atoms with E-state index < -0.39 is 11.8 Å². The smallest absolute Gasteiger partial charge is 0.250 e. The third-order valence-electron chi connectivity index (χ3n) is 4.01. The minimum atomic E-state index is -0.612. The highest BCUT2D eigenvalue weighted by molar-refractivity contribution is 6.06. The highest BCUT2D eigenvalue weighted by Crippen LogP contribution is 2.26. The summed E-state index contributed by atoms with van der Waals surface area (Å²) >= 11 is 0. The van der Waals surface area contributed by atoms with Gasteiger partial charge in [0, 0.05) is 18.7 Å². The van der Waals surface area contributed by atoms with E-state index in [1.165, 1.54) is 0 Å². The second kappa shape index (κ2) is 6.54. The van der Waals surface area contributed by atoms with Crippen LogP contribution in [0.1, 0.15) is 16.8 Å². The first-order valence-corrected chi connectivity index (χ1v) is 7.61. The van der Waals surface area contributed by atoms with E-state index in [0.717, 1.165) is 5.69 Å². The Morgan fingerprint density at radius 1 is 1.04 bits per heavy atom. The summed E-state index contributed by atoms with van der Waals surface area (Å²) < 4.78 is 0. The fourth-order valence-electron chi connectivity index (χ4n) is 2.78. The number of amides is 3. The second-order valence-electron chi connectivity index (χ2n) is 5.64. The molecule has 0 aliphatic carbocycles. The van der Waals surface area contributed by atoms with Gasteiger partial charge in [0.05, 0.1) is 17.2 Å². The SMILES string of the molecule is NC(=O)c1ccccc1NC(=O)[C@H]1CC(=O)N(c2ccccc2)C1. The number of carbonyl (C=O) groups is 3. The fourth-order valence-corrected chi connectivity index (χ4v) is 2.78. The first-order chi connectivity index (χ1) is 11.6. The molecule has 1 aliphatic rings. The van der Waals surface area contributed by atoms with Crippen LogP contribution in [0.5, 0.6) is 0 Å². The Labute approximate surface area is 139 Å². The number of anilines is 2. The highest BCUT2D eigenvalue weighted by Gasteiger charge is 2.35. The molecule has 6 nitrogen and oxygen atoms in total. The van der Waals surface area contributed by atoms with Crippen molar-refractivity contribution in [1.29, 1.82) is 0 Å². The van der Waals surface area contributed by atoms with E-state index in [9.17, 15) is 14.4 Å². The maximum Gasteiger partial charge on any atom is 0.250 e. The van der Waals surface area contributed by atoms with Gasteiger partial charge in [-0.15, -0.1) is 0 Å². The highest BCUT2D eigenvalue weighted by atomic mass is 16.2. The van der Waals surface area contributed by atoms with Crippen molar-refractivity contribution in [2.24, 2.45) is 11.7 Å². The van der Waals surface area contributed by atoms with Gasteiger partial charge in [-0.1, -0.05) is 30.3 Å². The normalized spacial score (nSPS) is 16.9. The zero-order valence-electron chi connectivity index (χ0n) is 12.9. The van der Waals surface area contributed by atoms with E-state index in [1.807, 2.05) is 30.3 Å². The molecule has 1 fully saturated rings. The van der Waals surface area contributed by atoms with Gasteiger partial charge in [-0.05, 0) is 24.3 Å². The van der Waals surface area contributed by atoms with Gasteiger partial charge >= 0.3 is 0 Å².